The topological polar surface area (TPSA) is 101 Å². The molecule has 0 bridgehead atoms. The summed E-state index contributed by atoms with van der Waals surface area (Å²) in [5.74, 6) is 0.00997. The lowest BCUT2D eigenvalue weighted by molar-refractivity contribution is -0.122. The van der Waals surface area contributed by atoms with Crippen LogP contribution < -0.4 is 10.6 Å². The van der Waals surface area contributed by atoms with Gasteiger partial charge in [0.25, 0.3) is 0 Å². The Kier molecular flexibility index (Phi) is 5.31. The number of carbonyl (C=O) groups excluding carboxylic acids is 2. The summed E-state index contributed by atoms with van der Waals surface area (Å²) < 4.78 is 6.37. The number of methoxy groups -OCH3 is 1. The molecule has 2 atom stereocenters. The quantitative estimate of drug-likeness (QED) is 0.761. The zero-order valence-corrected chi connectivity index (χ0v) is 13.1. The molecule has 0 radical (unpaired) electrons. The van der Waals surface area contributed by atoms with Gasteiger partial charge in [0.15, 0.2) is 0 Å². The minimum Gasteiger partial charge on any atom is -0.453 e. The number of likely N-dealkylation sites (N-methyl/N-ethyl adjacent to an activating group) is 1. The van der Waals surface area contributed by atoms with Crippen LogP contribution in [-0.4, -0.2) is 65.2 Å². The maximum Gasteiger partial charge on any atom is 0.409 e. The van der Waals surface area contributed by atoms with E-state index in [1.165, 1.54) is 12.0 Å². The molecule has 2 heterocycles. The number of ether oxygens (including phenoxy) is 1. The smallest absolute Gasteiger partial charge is 0.409 e. The van der Waals surface area contributed by atoms with Gasteiger partial charge in [-0.2, -0.15) is 0 Å². The summed E-state index contributed by atoms with van der Waals surface area (Å²) in [4.78, 5) is 24.6. The number of nitrogens with zero attached hydrogens (tertiary/aromatic N) is 4. The first kappa shape index (κ1) is 16.2. The van der Waals surface area contributed by atoms with Crippen molar-refractivity contribution in [3.8, 4) is 0 Å². The molecule has 0 spiro atoms. The minimum absolute atomic E-state index is 0.00997. The summed E-state index contributed by atoms with van der Waals surface area (Å²) in [5, 5.41) is 14.1. The first-order chi connectivity index (χ1) is 10.5. The average molecular weight is 310 g/mol. The first-order valence-electron chi connectivity index (χ1n) is 7.26. The number of carbonyl (C=O) groups is 2. The molecule has 122 valence electrons. The third-order valence-corrected chi connectivity index (χ3v) is 3.59. The molecule has 0 saturated carbocycles. The monoisotopic (exact) mass is 310 g/mol. The molecule has 0 unspecified atom stereocenters. The molecule has 1 aliphatic rings. The fraction of sp³-hybridized carbons (Fsp3) is 0.692. The fourth-order valence-electron chi connectivity index (χ4n) is 2.44. The number of rotatable bonds is 5. The van der Waals surface area contributed by atoms with E-state index >= 15 is 0 Å². The van der Waals surface area contributed by atoms with Crippen LogP contribution in [0.4, 0.5) is 4.79 Å². The normalized spacial score (nSPS) is 20.7. The van der Waals surface area contributed by atoms with Crippen LogP contribution in [0.3, 0.4) is 0 Å². The Balaban J connectivity index is 1.92. The van der Waals surface area contributed by atoms with Gasteiger partial charge in [0.1, 0.15) is 5.69 Å². The van der Waals surface area contributed by atoms with Crippen molar-refractivity contribution in [3.63, 3.8) is 0 Å². The number of aromatic nitrogens is 3. The summed E-state index contributed by atoms with van der Waals surface area (Å²) >= 11 is 0. The molecule has 1 aromatic rings. The van der Waals surface area contributed by atoms with E-state index in [0.717, 1.165) is 0 Å². The highest BCUT2D eigenvalue weighted by Crippen LogP contribution is 2.19. The van der Waals surface area contributed by atoms with E-state index in [1.807, 2.05) is 6.92 Å². The highest BCUT2D eigenvalue weighted by atomic mass is 16.5. The van der Waals surface area contributed by atoms with Crippen LogP contribution in [-0.2, 0) is 16.1 Å². The van der Waals surface area contributed by atoms with Crippen molar-refractivity contribution in [2.45, 2.75) is 32.0 Å². The molecule has 0 aliphatic carbocycles. The van der Waals surface area contributed by atoms with Gasteiger partial charge >= 0.3 is 6.09 Å². The zero-order chi connectivity index (χ0) is 16.1. The summed E-state index contributed by atoms with van der Waals surface area (Å²) in [7, 11) is 2.97. The second-order valence-corrected chi connectivity index (χ2v) is 5.26. The minimum atomic E-state index is -0.423. The van der Waals surface area contributed by atoms with Gasteiger partial charge < -0.3 is 20.3 Å². The highest BCUT2D eigenvalue weighted by molar-refractivity contribution is 5.82. The molecule has 9 nitrogen and oxygen atoms in total. The van der Waals surface area contributed by atoms with Crippen LogP contribution in [0.15, 0.2) is 6.20 Å². The molecular formula is C13H22N6O3. The molecule has 1 fully saturated rings. The number of nitrogens with one attached hydrogen (secondary N) is 2. The van der Waals surface area contributed by atoms with Gasteiger partial charge in [0.2, 0.25) is 5.91 Å². The van der Waals surface area contributed by atoms with Crippen molar-refractivity contribution < 1.29 is 14.3 Å². The van der Waals surface area contributed by atoms with Gasteiger partial charge in [-0.1, -0.05) is 5.21 Å². The van der Waals surface area contributed by atoms with Gasteiger partial charge in [-0.05, 0) is 13.3 Å². The molecule has 2 amide bonds. The van der Waals surface area contributed by atoms with Gasteiger partial charge in [-0.15, -0.1) is 5.10 Å². The Bertz CT molecular complexity index is 532. The molecular weight excluding hydrogens is 288 g/mol. The van der Waals surface area contributed by atoms with Crippen LogP contribution in [0, 0.1) is 0 Å². The average Bonchev–Trinajstić information content (AvgIpc) is 3.15. The Hall–Kier alpha value is -2.16. The third-order valence-electron chi connectivity index (χ3n) is 3.59. The van der Waals surface area contributed by atoms with Gasteiger partial charge in [0, 0.05) is 20.1 Å². The highest BCUT2D eigenvalue weighted by Gasteiger charge is 2.30. The Morgan fingerprint density at radius 2 is 2.36 bits per heavy atom. The summed E-state index contributed by atoms with van der Waals surface area (Å²) in [6, 6.07) is -0.118. The number of hydrogen-bond donors (Lipinski definition) is 2. The molecule has 1 aromatic heterocycles. The van der Waals surface area contributed by atoms with E-state index in [-0.39, 0.29) is 18.0 Å². The van der Waals surface area contributed by atoms with Crippen LogP contribution in [0.2, 0.25) is 0 Å². The maximum atomic E-state index is 11.8. The molecule has 22 heavy (non-hydrogen) atoms. The van der Waals surface area contributed by atoms with Crippen LogP contribution in [0.1, 0.15) is 25.1 Å². The van der Waals surface area contributed by atoms with Gasteiger partial charge in [-0.3, -0.25) is 4.79 Å². The number of amides is 2. The van der Waals surface area contributed by atoms with Crippen molar-refractivity contribution in [2.75, 3.05) is 27.2 Å². The molecule has 2 rings (SSSR count). The Morgan fingerprint density at radius 1 is 1.59 bits per heavy atom. The van der Waals surface area contributed by atoms with Gasteiger partial charge in [0.05, 0.1) is 31.9 Å². The molecule has 2 N–H and O–H groups in total. The van der Waals surface area contributed by atoms with Crippen LogP contribution in [0.25, 0.3) is 0 Å². The van der Waals surface area contributed by atoms with E-state index in [4.69, 9.17) is 0 Å². The van der Waals surface area contributed by atoms with E-state index in [2.05, 4.69) is 25.7 Å². The van der Waals surface area contributed by atoms with Crippen LogP contribution >= 0.6 is 0 Å². The molecule has 1 saturated heterocycles. The van der Waals surface area contributed by atoms with E-state index in [9.17, 15) is 9.59 Å². The molecule has 9 heteroatoms. The second-order valence-electron chi connectivity index (χ2n) is 5.26. The molecule has 1 aliphatic heterocycles. The van der Waals surface area contributed by atoms with Gasteiger partial charge in [-0.25, -0.2) is 9.48 Å². The zero-order valence-electron chi connectivity index (χ0n) is 13.1. The third kappa shape index (κ3) is 3.73. The summed E-state index contributed by atoms with van der Waals surface area (Å²) in [6.07, 6.45) is 2.04. The van der Waals surface area contributed by atoms with Crippen molar-refractivity contribution in [2.24, 2.45) is 0 Å². The lowest BCUT2D eigenvalue weighted by Gasteiger charge is -2.13. The summed E-state index contributed by atoms with van der Waals surface area (Å²) in [6.45, 7) is 3.50. The second kappa shape index (κ2) is 7.21. The molecule has 0 aromatic carbocycles. The number of hydrogen-bond acceptors (Lipinski definition) is 6. The van der Waals surface area contributed by atoms with Crippen molar-refractivity contribution in [1.82, 2.24) is 30.5 Å². The maximum absolute atomic E-state index is 11.8. The fourth-order valence-corrected chi connectivity index (χ4v) is 2.44. The van der Waals surface area contributed by atoms with E-state index < -0.39 is 6.09 Å². The lowest BCUT2D eigenvalue weighted by Crippen LogP contribution is -2.40. The predicted molar refractivity (Wildman–Crippen MR) is 78.0 cm³/mol. The van der Waals surface area contributed by atoms with E-state index in [1.54, 1.807) is 17.9 Å². The first-order valence-corrected chi connectivity index (χ1v) is 7.26. The van der Waals surface area contributed by atoms with Crippen molar-refractivity contribution >= 4 is 12.0 Å². The SMILES string of the molecule is CCNC(=O)[C@@H]1C[C@@H](n2cc(CN(C)C(=O)OC)nn2)CN1. The standard InChI is InChI=1S/C13H22N6O3/c1-4-14-12(20)11-5-10(6-15-11)19-8-9(16-17-19)7-18(2)13(21)22-3/h8,10-11,15H,4-7H2,1-3H3,(H,14,20)/t10-,11+/m1/s1. The van der Waals surface area contributed by atoms with E-state index in [0.29, 0.717) is 31.7 Å². The van der Waals surface area contributed by atoms with Crippen LogP contribution in [0.5, 0.6) is 0 Å². The van der Waals surface area contributed by atoms with Crippen molar-refractivity contribution in [1.29, 1.82) is 0 Å². The largest absolute Gasteiger partial charge is 0.453 e. The summed E-state index contributed by atoms with van der Waals surface area (Å²) in [5.41, 5.74) is 0.675. The Morgan fingerprint density at radius 3 is 3.05 bits per heavy atom. The van der Waals surface area contributed by atoms with Crippen molar-refractivity contribution in [3.05, 3.63) is 11.9 Å². The lowest BCUT2D eigenvalue weighted by atomic mass is 10.1. The predicted octanol–water partition coefficient (Wildman–Crippen LogP) is -0.485. The Labute approximate surface area is 129 Å².